The molecule has 5 heteroatoms. The molecule has 2 rings (SSSR count). The molecule has 1 heterocycles. The molecule has 0 aliphatic rings. The number of methoxy groups -OCH3 is 1. The van der Waals surface area contributed by atoms with E-state index >= 15 is 0 Å². The molecule has 0 atom stereocenters. The van der Waals surface area contributed by atoms with Crippen LogP contribution in [0.1, 0.15) is 5.01 Å². The molecule has 0 spiro atoms. The summed E-state index contributed by atoms with van der Waals surface area (Å²) in [5.74, 6) is 0. The molecule has 1 N–H and O–H groups in total. The van der Waals surface area contributed by atoms with Crippen molar-refractivity contribution in [1.82, 2.24) is 10.3 Å². The maximum atomic E-state index is 6.15. The summed E-state index contributed by atoms with van der Waals surface area (Å²) in [5, 5.41) is 7.10. The van der Waals surface area contributed by atoms with E-state index in [1.807, 2.05) is 29.6 Å². The first-order chi connectivity index (χ1) is 8.81. The van der Waals surface area contributed by atoms with Gasteiger partial charge < -0.3 is 10.1 Å². The number of aromatic nitrogens is 1. The molecule has 96 valence electrons. The quantitative estimate of drug-likeness (QED) is 0.826. The fourth-order valence-electron chi connectivity index (χ4n) is 1.55. The Morgan fingerprint density at radius 1 is 1.39 bits per heavy atom. The third kappa shape index (κ3) is 3.53. The van der Waals surface area contributed by atoms with Crippen LogP contribution < -0.4 is 5.32 Å². The Labute approximate surface area is 116 Å². The van der Waals surface area contributed by atoms with Crippen molar-refractivity contribution < 1.29 is 4.74 Å². The van der Waals surface area contributed by atoms with E-state index in [1.165, 1.54) is 0 Å². The summed E-state index contributed by atoms with van der Waals surface area (Å²) in [6.07, 6.45) is 0. The second kappa shape index (κ2) is 6.85. The zero-order valence-electron chi connectivity index (χ0n) is 10.1. The van der Waals surface area contributed by atoms with Crippen LogP contribution in [-0.2, 0) is 11.3 Å². The molecule has 0 saturated heterocycles. The van der Waals surface area contributed by atoms with Gasteiger partial charge in [-0.1, -0.05) is 29.8 Å². The lowest BCUT2D eigenvalue weighted by molar-refractivity contribution is 0.199. The van der Waals surface area contributed by atoms with E-state index in [9.17, 15) is 0 Å². The zero-order chi connectivity index (χ0) is 12.8. The highest BCUT2D eigenvalue weighted by atomic mass is 35.5. The summed E-state index contributed by atoms with van der Waals surface area (Å²) in [7, 11) is 1.70. The van der Waals surface area contributed by atoms with Gasteiger partial charge in [-0.2, -0.15) is 0 Å². The Balaban J connectivity index is 2.00. The maximum Gasteiger partial charge on any atom is 0.107 e. The van der Waals surface area contributed by atoms with Gasteiger partial charge in [0.1, 0.15) is 5.01 Å². The summed E-state index contributed by atoms with van der Waals surface area (Å²) in [6.45, 7) is 2.30. The van der Waals surface area contributed by atoms with E-state index in [-0.39, 0.29) is 0 Å². The molecule has 0 amide bonds. The van der Waals surface area contributed by atoms with Gasteiger partial charge in [-0.3, -0.25) is 0 Å². The van der Waals surface area contributed by atoms with E-state index in [4.69, 9.17) is 16.3 Å². The van der Waals surface area contributed by atoms with Crippen molar-refractivity contribution in [2.75, 3.05) is 20.3 Å². The van der Waals surface area contributed by atoms with Gasteiger partial charge in [-0.05, 0) is 6.07 Å². The van der Waals surface area contributed by atoms with Crippen LogP contribution in [0.2, 0.25) is 5.02 Å². The minimum atomic E-state index is 0.711. The predicted octanol–water partition coefficient (Wildman–Crippen LogP) is 3.20. The average molecular weight is 283 g/mol. The summed E-state index contributed by atoms with van der Waals surface area (Å²) in [6, 6.07) is 7.76. The van der Waals surface area contributed by atoms with Crippen LogP contribution in [0, 0.1) is 0 Å². The average Bonchev–Trinajstić information content (AvgIpc) is 2.84. The highest BCUT2D eigenvalue weighted by molar-refractivity contribution is 7.09. The van der Waals surface area contributed by atoms with Gasteiger partial charge in [0.05, 0.1) is 12.3 Å². The first kappa shape index (κ1) is 13.5. The van der Waals surface area contributed by atoms with Crippen LogP contribution in [0.5, 0.6) is 0 Å². The lowest BCUT2D eigenvalue weighted by Gasteiger charge is -2.01. The highest BCUT2D eigenvalue weighted by Crippen LogP contribution is 2.28. The van der Waals surface area contributed by atoms with Crippen molar-refractivity contribution >= 4 is 22.9 Å². The van der Waals surface area contributed by atoms with Gasteiger partial charge in [-0.15, -0.1) is 11.3 Å². The monoisotopic (exact) mass is 282 g/mol. The molecular weight excluding hydrogens is 268 g/mol. The number of rotatable bonds is 6. The van der Waals surface area contributed by atoms with Crippen LogP contribution >= 0.6 is 22.9 Å². The molecule has 0 radical (unpaired) electrons. The molecule has 2 aromatic rings. The topological polar surface area (TPSA) is 34.1 Å². The third-order valence-electron chi connectivity index (χ3n) is 2.46. The SMILES string of the molecule is COCCNCc1nc(-c2ccccc2Cl)cs1. The second-order valence-electron chi connectivity index (χ2n) is 3.78. The number of hydrogen-bond donors (Lipinski definition) is 1. The third-order valence-corrected chi connectivity index (χ3v) is 3.64. The van der Waals surface area contributed by atoms with Gasteiger partial charge in [0.2, 0.25) is 0 Å². The number of nitrogens with one attached hydrogen (secondary N) is 1. The Hall–Kier alpha value is -0.940. The summed E-state index contributed by atoms with van der Waals surface area (Å²) < 4.78 is 4.97. The fourth-order valence-corrected chi connectivity index (χ4v) is 2.55. The molecule has 0 unspecified atom stereocenters. The van der Waals surface area contributed by atoms with Crippen LogP contribution in [0.3, 0.4) is 0 Å². The van der Waals surface area contributed by atoms with Crippen LogP contribution in [0.25, 0.3) is 11.3 Å². The van der Waals surface area contributed by atoms with Crippen molar-refractivity contribution in [3.8, 4) is 11.3 Å². The zero-order valence-corrected chi connectivity index (χ0v) is 11.7. The number of halogens is 1. The van der Waals surface area contributed by atoms with Crippen molar-refractivity contribution in [1.29, 1.82) is 0 Å². The van der Waals surface area contributed by atoms with Gasteiger partial charge in [0, 0.05) is 36.2 Å². The molecular formula is C13H15ClN2OS. The lowest BCUT2D eigenvalue weighted by atomic mass is 10.2. The summed E-state index contributed by atoms with van der Waals surface area (Å²) >= 11 is 7.78. The molecule has 1 aromatic carbocycles. The number of benzene rings is 1. The van der Waals surface area contributed by atoms with Crippen LogP contribution in [0.4, 0.5) is 0 Å². The van der Waals surface area contributed by atoms with Crippen LogP contribution in [0.15, 0.2) is 29.6 Å². The summed E-state index contributed by atoms with van der Waals surface area (Å²) in [5.41, 5.74) is 1.92. The van der Waals surface area contributed by atoms with Crippen molar-refractivity contribution in [2.24, 2.45) is 0 Å². The molecule has 0 aliphatic carbocycles. The van der Waals surface area contributed by atoms with Crippen molar-refractivity contribution in [3.63, 3.8) is 0 Å². The fraction of sp³-hybridized carbons (Fsp3) is 0.308. The van der Waals surface area contributed by atoms with E-state index in [0.717, 1.165) is 34.4 Å². The van der Waals surface area contributed by atoms with Gasteiger partial charge >= 0.3 is 0 Å². The van der Waals surface area contributed by atoms with E-state index in [0.29, 0.717) is 6.61 Å². The smallest absolute Gasteiger partial charge is 0.107 e. The largest absolute Gasteiger partial charge is 0.383 e. The minimum Gasteiger partial charge on any atom is -0.383 e. The predicted molar refractivity (Wildman–Crippen MR) is 76.1 cm³/mol. The molecule has 18 heavy (non-hydrogen) atoms. The molecule has 0 aliphatic heterocycles. The maximum absolute atomic E-state index is 6.15. The Morgan fingerprint density at radius 3 is 3.00 bits per heavy atom. The highest BCUT2D eigenvalue weighted by Gasteiger charge is 2.07. The van der Waals surface area contributed by atoms with Crippen molar-refractivity contribution in [3.05, 3.63) is 39.7 Å². The first-order valence-corrected chi connectivity index (χ1v) is 6.96. The molecule has 1 aromatic heterocycles. The standard InChI is InChI=1S/C13H15ClN2OS/c1-17-7-6-15-8-13-16-12(9-18-13)10-4-2-3-5-11(10)14/h2-5,9,15H,6-8H2,1H3. The van der Waals surface area contributed by atoms with Gasteiger partial charge in [-0.25, -0.2) is 4.98 Å². The Kier molecular flexibility index (Phi) is 5.13. The van der Waals surface area contributed by atoms with Crippen molar-refractivity contribution in [2.45, 2.75) is 6.54 Å². The number of hydrogen-bond acceptors (Lipinski definition) is 4. The second-order valence-corrected chi connectivity index (χ2v) is 5.13. The molecule has 0 fully saturated rings. The van der Waals surface area contributed by atoms with E-state index < -0.39 is 0 Å². The van der Waals surface area contributed by atoms with E-state index in [2.05, 4.69) is 10.3 Å². The molecule has 3 nitrogen and oxygen atoms in total. The first-order valence-electron chi connectivity index (χ1n) is 5.70. The number of ether oxygens (including phenoxy) is 1. The van der Waals surface area contributed by atoms with Gasteiger partial charge in [0.25, 0.3) is 0 Å². The Morgan fingerprint density at radius 2 is 2.22 bits per heavy atom. The van der Waals surface area contributed by atoms with E-state index in [1.54, 1.807) is 18.4 Å². The number of thiazole rings is 1. The lowest BCUT2D eigenvalue weighted by Crippen LogP contribution is -2.18. The number of nitrogens with zero attached hydrogens (tertiary/aromatic N) is 1. The van der Waals surface area contributed by atoms with Gasteiger partial charge in [0.15, 0.2) is 0 Å². The molecule has 0 bridgehead atoms. The summed E-state index contributed by atoms with van der Waals surface area (Å²) in [4.78, 5) is 4.57. The minimum absolute atomic E-state index is 0.711. The van der Waals surface area contributed by atoms with Crippen LogP contribution in [-0.4, -0.2) is 25.2 Å². The Bertz CT molecular complexity index is 501. The molecule has 0 saturated carbocycles. The normalized spacial score (nSPS) is 10.8.